The molecule has 0 saturated carbocycles. The van der Waals surface area contributed by atoms with Crippen molar-refractivity contribution in [3.8, 4) is 0 Å². The second-order valence-electron chi connectivity index (χ2n) is 7.32. The van der Waals surface area contributed by atoms with E-state index in [1.165, 1.54) is 0 Å². The Balaban J connectivity index is 1.45. The number of rotatable bonds is 6. The first-order chi connectivity index (χ1) is 14.2. The predicted octanol–water partition coefficient (Wildman–Crippen LogP) is 3.99. The van der Waals surface area contributed by atoms with Crippen LogP contribution in [0.4, 0.5) is 17.1 Å². The van der Waals surface area contributed by atoms with Gasteiger partial charge in [0.1, 0.15) is 0 Å². The van der Waals surface area contributed by atoms with Gasteiger partial charge in [-0.05, 0) is 36.4 Å². The number of pyridine rings is 1. The number of aromatic nitrogens is 1. The van der Waals surface area contributed by atoms with Gasteiger partial charge in [-0.3, -0.25) is 9.78 Å². The number of carbonyl (C=O) groups is 1. The summed E-state index contributed by atoms with van der Waals surface area (Å²) in [7, 11) is 0. The van der Waals surface area contributed by atoms with Crippen molar-refractivity contribution < 1.29 is 4.79 Å². The number of anilines is 3. The van der Waals surface area contributed by atoms with Gasteiger partial charge in [0.15, 0.2) is 0 Å². The van der Waals surface area contributed by atoms with E-state index in [2.05, 4.69) is 33.4 Å². The zero-order valence-corrected chi connectivity index (χ0v) is 16.7. The molecule has 29 heavy (non-hydrogen) atoms. The van der Waals surface area contributed by atoms with E-state index >= 15 is 0 Å². The van der Waals surface area contributed by atoms with Gasteiger partial charge in [0.05, 0.1) is 17.1 Å². The summed E-state index contributed by atoms with van der Waals surface area (Å²) in [6.45, 7) is 4.73. The van der Waals surface area contributed by atoms with Crippen LogP contribution in [-0.4, -0.2) is 30.5 Å². The minimum atomic E-state index is -0.116. The van der Waals surface area contributed by atoms with Gasteiger partial charge < -0.3 is 15.1 Å². The molecule has 5 nitrogen and oxygen atoms in total. The molecule has 0 bridgehead atoms. The van der Waals surface area contributed by atoms with E-state index in [1.54, 1.807) is 6.20 Å². The van der Waals surface area contributed by atoms with E-state index < -0.39 is 0 Å². The Labute approximate surface area is 172 Å². The fourth-order valence-electron chi connectivity index (χ4n) is 3.74. The Hall–Kier alpha value is -3.18. The SMILES string of the molecule is CC(CNCc1ccccn1)C(=O)N1CCN(c2ccccc2)c2ccccc21. The summed E-state index contributed by atoms with van der Waals surface area (Å²) in [4.78, 5) is 21.7. The standard InChI is InChI=1S/C24H26N4O/c1-19(17-25-18-20-9-7-8-14-26-20)24(29)28-16-15-27(21-10-3-2-4-11-21)22-12-5-6-13-23(22)28/h2-14,19,25H,15-18H2,1H3. The highest BCUT2D eigenvalue weighted by molar-refractivity contribution is 6.00. The topological polar surface area (TPSA) is 48.5 Å². The summed E-state index contributed by atoms with van der Waals surface area (Å²) in [5.74, 6) is 0.0359. The zero-order valence-electron chi connectivity index (χ0n) is 16.7. The van der Waals surface area contributed by atoms with Crippen LogP contribution in [0.2, 0.25) is 0 Å². The second-order valence-corrected chi connectivity index (χ2v) is 7.32. The minimum Gasteiger partial charge on any atom is -0.338 e. The van der Waals surface area contributed by atoms with Crippen molar-refractivity contribution in [2.75, 3.05) is 29.4 Å². The molecule has 3 aromatic rings. The van der Waals surface area contributed by atoms with Crippen molar-refractivity contribution in [3.63, 3.8) is 0 Å². The lowest BCUT2D eigenvalue weighted by molar-refractivity contribution is -0.121. The van der Waals surface area contributed by atoms with Crippen LogP contribution in [0.1, 0.15) is 12.6 Å². The molecule has 148 valence electrons. The Morgan fingerprint density at radius 2 is 1.69 bits per heavy atom. The maximum absolute atomic E-state index is 13.2. The number of nitrogens with one attached hydrogen (secondary N) is 1. The van der Waals surface area contributed by atoms with Gasteiger partial charge in [0.25, 0.3) is 0 Å². The molecule has 0 spiro atoms. The van der Waals surface area contributed by atoms with Crippen LogP contribution in [0.3, 0.4) is 0 Å². The van der Waals surface area contributed by atoms with Crippen molar-refractivity contribution in [3.05, 3.63) is 84.7 Å². The van der Waals surface area contributed by atoms with Gasteiger partial charge in [0, 0.05) is 44.0 Å². The molecule has 5 heteroatoms. The number of benzene rings is 2. The number of hydrogen-bond donors (Lipinski definition) is 1. The van der Waals surface area contributed by atoms with Crippen molar-refractivity contribution in [2.45, 2.75) is 13.5 Å². The molecule has 1 aromatic heterocycles. The highest BCUT2D eigenvalue weighted by Gasteiger charge is 2.29. The third-order valence-corrected chi connectivity index (χ3v) is 5.25. The van der Waals surface area contributed by atoms with Crippen molar-refractivity contribution in [2.24, 2.45) is 5.92 Å². The van der Waals surface area contributed by atoms with E-state index in [-0.39, 0.29) is 11.8 Å². The number of para-hydroxylation sites is 3. The largest absolute Gasteiger partial charge is 0.338 e. The molecule has 0 radical (unpaired) electrons. The molecular formula is C24H26N4O. The quantitative estimate of drug-likeness (QED) is 0.696. The molecule has 1 atom stereocenters. The Morgan fingerprint density at radius 3 is 2.45 bits per heavy atom. The van der Waals surface area contributed by atoms with E-state index in [4.69, 9.17) is 0 Å². The molecule has 1 aliphatic heterocycles. The third kappa shape index (κ3) is 4.30. The average molecular weight is 386 g/mol. The van der Waals surface area contributed by atoms with Crippen molar-refractivity contribution in [1.29, 1.82) is 0 Å². The third-order valence-electron chi connectivity index (χ3n) is 5.25. The summed E-state index contributed by atoms with van der Waals surface area (Å²) in [6, 6.07) is 24.4. The maximum atomic E-state index is 13.2. The number of hydrogen-bond acceptors (Lipinski definition) is 4. The van der Waals surface area contributed by atoms with Crippen LogP contribution in [0.15, 0.2) is 79.0 Å². The fraction of sp³-hybridized carbons (Fsp3) is 0.250. The van der Waals surface area contributed by atoms with Crippen LogP contribution < -0.4 is 15.1 Å². The maximum Gasteiger partial charge on any atom is 0.231 e. The van der Waals surface area contributed by atoms with Gasteiger partial charge in [0.2, 0.25) is 5.91 Å². The minimum absolute atomic E-state index is 0.116. The lowest BCUT2D eigenvalue weighted by Gasteiger charge is -2.38. The first-order valence-electron chi connectivity index (χ1n) is 10.1. The zero-order chi connectivity index (χ0) is 20.1. The van der Waals surface area contributed by atoms with Gasteiger partial charge in [-0.2, -0.15) is 0 Å². The monoisotopic (exact) mass is 386 g/mol. The summed E-state index contributed by atoms with van der Waals surface area (Å²) >= 11 is 0. The second kappa shape index (κ2) is 8.88. The smallest absolute Gasteiger partial charge is 0.231 e. The predicted molar refractivity (Wildman–Crippen MR) is 117 cm³/mol. The average Bonchev–Trinajstić information content (AvgIpc) is 2.79. The summed E-state index contributed by atoms with van der Waals surface area (Å²) in [5, 5.41) is 3.36. The molecule has 1 N–H and O–H groups in total. The number of fused-ring (bicyclic) bond motifs is 1. The molecule has 1 aliphatic rings. The molecule has 0 aliphatic carbocycles. The Bertz CT molecular complexity index is 945. The van der Waals surface area contributed by atoms with Crippen LogP contribution >= 0.6 is 0 Å². The number of amides is 1. The van der Waals surface area contributed by atoms with E-state index in [0.29, 0.717) is 19.6 Å². The molecule has 2 aromatic carbocycles. The Kier molecular flexibility index (Phi) is 5.86. The van der Waals surface area contributed by atoms with Crippen LogP contribution in [0, 0.1) is 5.92 Å². The summed E-state index contributed by atoms with van der Waals surface area (Å²) in [5.41, 5.74) is 4.18. The number of carbonyl (C=O) groups excluding carboxylic acids is 1. The van der Waals surface area contributed by atoms with E-state index in [0.717, 1.165) is 29.3 Å². The molecule has 1 unspecified atom stereocenters. The normalized spacial score (nSPS) is 14.4. The molecular weight excluding hydrogens is 360 g/mol. The van der Waals surface area contributed by atoms with Gasteiger partial charge in [-0.25, -0.2) is 0 Å². The van der Waals surface area contributed by atoms with Crippen LogP contribution in [-0.2, 0) is 11.3 Å². The summed E-state index contributed by atoms with van der Waals surface area (Å²) in [6.07, 6.45) is 1.79. The van der Waals surface area contributed by atoms with Crippen molar-refractivity contribution >= 4 is 23.0 Å². The molecule has 0 fully saturated rings. The lowest BCUT2D eigenvalue weighted by atomic mass is 10.1. The first kappa shape index (κ1) is 19.2. The van der Waals surface area contributed by atoms with Crippen LogP contribution in [0.5, 0.6) is 0 Å². The van der Waals surface area contributed by atoms with E-state index in [1.807, 2.05) is 66.4 Å². The highest BCUT2D eigenvalue weighted by atomic mass is 16.2. The van der Waals surface area contributed by atoms with Gasteiger partial charge in [-0.1, -0.05) is 43.3 Å². The Morgan fingerprint density at radius 1 is 0.966 bits per heavy atom. The highest BCUT2D eigenvalue weighted by Crippen LogP contribution is 2.37. The molecule has 0 saturated heterocycles. The molecule has 4 rings (SSSR count). The van der Waals surface area contributed by atoms with Crippen molar-refractivity contribution in [1.82, 2.24) is 10.3 Å². The van der Waals surface area contributed by atoms with Gasteiger partial charge >= 0.3 is 0 Å². The lowest BCUT2D eigenvalue weighted by Crippen LogP contribution is -2.46. The molecule has 1 amide bonds. The van der Waals surface area contributed by atoms with E-state index in [9.17, 15) is 4.79 Å². The number of nitrogens with zero attached hydrogens (tertiary/aromatic N) is 3. The fourth-order valence-corrected chi connectivity index (χ4v) is 3.74. The van der Waals surface area contributed by atoms with Gasteiger partial charge in [-0.15, -0.1) is 0 Å². The first-order valence-corrected chi connectivity index (χ1v) is 10.1. The summed E-state index contributed by atoms with van der Waals surface area (Å²) < 4.78 is 0. The molecule has 2 heterocycles. The van der Waals surface area contributed by atoms with Crippen LogP contribution in [0.25, 0.3) is 0 Å².